The summed E-state index contributed by atoms with van der Waals surface area (Å²) >= 11 is 0. The van der Waals surface area contributed by atoms with E-state index in [9.17, 15) is 9.18 Å². The maximum absolute atomic E-state index is 13.1. The molecule has 5 nitrogen and oxygen atoms in total. The second-order valence-corrected chi connectivity index (χ2v) is 5.75. The van der Waals surface area contributed by atoms with Crippen molar-refractivity contribution in [1.29, 1.82) is 0 Å². The lowest BCUT2D eigenvalue weighted by Crippen LogP contribution is -2.24. The monoisotopic (exact) mass is 311 g/mol. The van der Waals surface area contributed by atoms with Crippen LogP contribution >= 0.6 is 0 Å². The Morgan fingerprint density at radius 1 is 1.26 bits per heavy atom. The predicted molar refractivity (Wildman–Crippen MR) is 82.0 cm³/mol. The summed E-state index contributed by atoms with van der Waals surface area (Å²) in [7, 11) is 0. The molecule has 0 unspecified atom stereocenters. The van der Waals surface area contributed by atoms with E-state index in [0.717, 1.165) is 24.1 Å². The van der Waals surface area contributed by atoms with Crippen LogP contribution in [0.15, 0.2) is 46.1 Å². The lowest BCUT2D eigenvalue weighted by atomic mass is 10.1. The van der Waals surface area contributed by atoms with Gasteiger partial charge in [0.15, 0.2) is 18.0 Å². The molecule has 0 saturated heterocycles. The molecule has 1 aromatic carbocycles. The minimum Gasteiger partial charge on any atom is -0.441 e. The van der Waals surface area contributed by atoms with Crippen LogP contribution in [0.5, 0.6) is 0 Å². The van der Waals surface area contributed by atoms with Crippen LogP contribution in [0, 0.1) is 12.7 Å². The van der Waals surface area contributed by atoms with Gasteiger partial charge in [-0.3, -0.25) is 0 Å². The number of rotatable bonds is 3. The van der Waals surface area contributed by atoms with E-state index in [1.807, 2.05) is 6.92 Å². The molecule has 1 aliphatic carbocycles. The SMILES string of the molecule is Cc1cn(-c2ncoc2-c2ccc(F)cc2)c(=O)nc1C1CC1. The maximum Gasteiger partial charge on any atom is 0.353 e. The lowest BCUT2D eigenvalue weighted by Gasteiger charge is -2.08. The van der Waals surface area contributed by atoms with Crippen molar-refractivity contribution < 1.29 is 8.81 Å². The Balaban J connectivity index is 1.83. The zero-order valence-electron chi connectivity index (χ0n) is 12.5. The van der Waals surface area contributed by atoms with Gasteiger partial charge in [-0.25, -0.2) is 13.8 Å². The Kier molecular flexibility index (Phi) is 3.11. The van der Waals surface area contributed by atoms with E-state index in [4.69, 9.17) is 4.42 Å². The third-order valence-corrected chi connectivity index (χ3v) is 4.00. The molecule has 0 spiro atoms. The Labute approximate surface area is 131 Å². The summed E-state index contributed by atoms with van der Waals surface area (Å²) in [5.41, 5.74) is 2.10. The van der Waals surface area contributed by atoms with E-state index in [1.165, 1.54) is 23.1 Å². The number of nitrogens with zero attached hydrogens (tertiary/aromatic N) is 3. The van der Waals surface area contributed by atoms with Crippen molar-refractivity contribution in [3.63, 3.8) is 0 Å². The molecule has 1 aliphatic rings. The van der Waals surface area contributed by atoms with Gasteiger partial charge in [0.25, 0.3) is 0 Å². The molecule has 2 aromatic heterocycles. The van der Waals surface area contributed by atoms with Crippen molar-refractivity contribution in [2.45, 2.75) is 25.7 Å². The highest BCUT2D eigenvalue weighted by Crippen LogP contribution is 2.40. The molecule has 1 saturated carbocycles. The molecule has 6 heteroatoms. The van der Waals surface area contributed by atoms with Gasteiger partial charge >= 0.3 is 5.69 Å². The van der Waals surface area contributed by atoms with Crippen molar-refractivity contribution in [3.05, 3.63) is 64.4 Å². The van der Waals surface area contributed by atoms with Gasteiger partial charge in [-0.15, -0.1) is 0 Å². The van der Waals surface area contributed by atoms with Crippen LogP contribution in [0.4, 0.5) is 4.39 Å². The standard InChI is InChI=1S/C17H14FN3O2/c1-10-8-21(17(22)20-14(10)11-2-3-11)16-15(23-9-19-16)12-4-6-13(18)7-5-12/h4-9,11H,2-3H2,1H3. The maximum atomic E-state index is 13.1. The van der Waals surface area contributed by atoms with E-state index < -0.39 is 0 Å². The van der Waals surface area contributed by atoms with E-state index in [0.29, 0.717) is 23.1 Å². The lowest BCUT2D eigenvalue weighted by molar-refractivity contribution is 0.570. The molecular formula is C17H14FN3O2. The van der Waals surface area contributed by atoms with Crippen LogP contribution in [0.1, 0.15) is 30.0 Å². The fourth-order valence-electron chi connectivity index (χ4n) is 2.69. The average molecular weight is 311 g/mol. The highest BCUT2D eigenvalue weighted by atomic mass is 19.1. The summed E-state index contributed by atoms with van der Waals surface area (Å²) in [6.45, 7) is 1.94. The molecule has 0 aliphatic heterocycles. The normalized spacial score (nSPS) is 14.2. The summed E-state index contributed by atoms with van der Waals surface area (Å²) in [4.78, 5) is 20.7. The number of oxazole rings is 1. The topological polar surface area (TPSA) is 60.9 Å². The summed E-state index contributed by atoms with van der Waals surface area (Å²) < 4.78 is 19.9. The summed E-state index contributed by atoms with van der Waals surface area (Å²) in [5, 5.41) is 0. The van der Waals surface area contributed by atoms with Gasteiger partial charge in [0.2, 0.25) is 0 Å². The summed E-state index contributed by atoms with van der Waals surface area (Å²) in [5.74, 6) is 0.844. The van der Waals surface area contributed by atoms with Gasteiger partial charge < -0.3 is 4.42 Å². The molecule has 0 atom stereocenters. The molecule has 2 heterocycles. The molecule has 116 valence electrons. The predicted octanol–water partition coefficient (Wildman–Crippen LogP) is 3.21. The first-order chi connectivity index (χ1) is 11.1. The first-order valence-corrected chi connectivity index (χ1v) is 7.43. The highest BCUT2D eigenvalue weighted by Gasteiger charge is 2.28. The van der Waals surface area contributed by atoms with Crippen LogP contribution in [0.25, 0.3) is 17.1 Å². The highest BCUT2D eigenvalue weighted by molar-refractivity contribution is 5.64. The quantitative estimate of drug-likeness (QED) is 0.745. The van der Waals surface area contributed by atoms with Crippen molar-refractivity contribution >= 4 is 0 Å². The number of hydrogen-bond donors (Lipinski definition) is 0. The molecule has 0 bridgehead atoms. The van der Waals surface area contributed by atoms with E-state index >= 15 is 0 Å². The van der Waals surface area contributed by atoms with Gasteiger partial charge in [-0.05, 0) is 49.6 Å². The second kappa shape index (κ2) is 5.15. The molecule has 0 radical (unpaired) electrons. The van der Waals surface area contributed by atoms with E-state index in [-0.39, 0.29) is 11.5 Å². The van der Waals surface area contributed by atoms with Crippen LogP contribution in [-0.2, 0) is 0 Å². The second-order valence-electron chi connectivity index (χ2n) is 5.75. The molecule has 0 amide bonds. The van der Waals surface area contributed by atoms with Crippen LogP contribution in [-0.4, -0.2) is 14.5 Å². The van der Waals surface area contributed by atoms with Crippen LogP contribution in [0.3, 0.4) is 0 Å². The molecule has 3 aromatic rings. The Morgan fingerprint density at radius 2 is 2.00 bits per heavy atom. The van der Waals surface area contributed by atoms with Gasteiger partial charge in [-0.1, -0.05) is 0 Å². The third kappa shape index (κ3) is 2.46. The Bertz CT molecular complexity index is 924. The zero-order valence-corrected chi connectivity index (χ0v) is 12.5. The number of hydrogen-bond acceptors (Lipinski definition) is 4. The van der Waals surface area contributed by atoms with Crippen molar-refractivity contribution in [3.8, 4) is 17.1 Å². The Hall–Kier alpha value is -2.76. The summed E-state index contributed by atoms with van der Waals surface area (Å²) in [6.07, 6.45) is 5.18. The van der Waals surface area contributed by atoms with E-state index in [2.05, 4.69) is 9.97 Å². The summed E-state index contributed by atoms with van der Waals surface area (Å²) in [6, 6.07) is 5.85. The van der Waals surface area contributed by atoms with Gasteiger partial charge in [0.05, 0.1) is 5.69 Å². The fourth-order valence-corrected chi connectivity index (χ4v) is 2.69. The zero-order chi connectivity index (χ0) is 16.0. The minimum absolute atomic E-state index is 0.335. The largest absolute Gasteiger partial charge is 0.441 e. The average Bonchev–Trinajstić information content (AvgIpc) is 3.27. The number of benzene rings is 1. The number of halogens is 1. The fraction of sp³-hybridized carbons (Fsp3) is 0.235. The van der Waals surface area contributed by atoms with Gasteiger partial charge in [0.1, 0.15) is 5.82 Å². The van der Waals surface area contributed by atoms with Crippen molar-refractivity contribution in [2.24, 2.45) is 0 Å². The third-order valence-electron chi connectivity index (χ3n) is 4.00. The smallest absolute Gasteiger partial charge is 0.353 e. The van der Waals surface area contributed by atoms with Crippen LogP contribution in [0.2, 0.25) is 0 Å². The molecule has 4 rings (SSSR count). The van der Waals surface area contributed by atoms with Gasteiger partial charge in [-0.2, -0.15) is 9.97 Å². The molecular weight excluding hydrogens is 297 g/mol. The molecule has 0 N–H and O–H groups in total. The van der Waals surface area contributed by atoms with Gasteiger partial charge in [0, 0.05) is 17.7 Å². The van der Waals surface area contributed by atoms with E-state index in [1.54, 1.807) is 18.3 Å². The number of aryl methyl sites for hydroxylation is 1. The first kappa shape index (κ1) is 13.9. The van der Waals surface area contributed by atoms with Crippen LogP contribution < -0.4 is 5.69 Å². The first-order valence-electron chi connectivity index (χ1n) is 7.43. The number of aromatic nitrogens is 3. The molecule has 1 fully saturated rings. The van der Waals surface area contributed by atoms with Crippen molar-refractivity contribution in [1.82, 2.24) is 14.5 Å². The molecule has 23 heavy (non-hydrogen) atoms. The minimum atomic E-state index is -0.380. The Morgan fingerprint density at radius 3 is 2.70 bits per heavy atom. The van der Waals surface area contributed by atoms with Crippen molar-refractivity contribution in [2.75, 3.05) is 0 Å².